The average Bonchev–Trinajstić information content (AvgIpc) is 2.93. The third-order valence-electron chi connectivity index (χ3n) is 4.04. The lowest BCUT2D eigenvalue weighted by Gasteiger charge is -2.35. The lowest BCUT2D eigenvalue weighted by molar-refractivity contribution is 0.0746. The van der Waals surface area contributed by atoms with Crippen molar-refractivity contribution in [3.05, 3.63) is 45.3 Å². The molecule has 0 N–H and O–H groups in total. The van der Waals surface area contributed by atoms with Crippen LogP contribution in [0.3, 0.4) is 0 Å². The molecule has 1 saturated heterocycles. The number of thiophene rings is 1. The van der Waals surface area contributed by atoms with Crippen molar-refractivity contribution in [3.8, 4) is 6.07 Å². The molecule has 0 spiro atoms. The van der Waals surface area contributed by atoms with Crippen LogP contribution in [0.2, 0.25) is 0 Å². The number of carbonyl (C=O) groups excluding carboxylic acids is 1. The maximum Gasteiger partial charge on any atom is 0.255 e. The average molecular weight is 326 g/mol. The Labute approximate surface area is 139 Å². The molecular formula is C17H18N4OS. The number of nitriles is 1. The Morgan fingerprint density at radius 2 is 2.00 bits per heavy atom. The monoisotopic (exact) mass is 326 g/mol. The minimum Gasteiger partial charge on any atom is -0.353 e. The second kappa shape index (κ2) is 6.39. The first-order chi connectivity index (χ1) is 11.1. The van der Waals surface area contributed by atoms with Crippen molar-refractivity contribution in [2.24, 2.45) is 0 Å². The quantitative estimate of drug-likeness (QED) is 0.851. The van der Waals surface area contributed by atoms with E-state index in [0.717, 1.165) is 29.3 Å². The summed E-state index contributed by atoms with van der Waals surface area (Å²) in [5, 5.41) is 8.98. The van der Waals surface area contributed by atoms with Crippen LogP contribution >= 0.6 is 11.3 Å². The molecule has 0 atom stereocenters. The number of carbonyl (C=O) groups is 1. The first-order valence-corrected chi connectivity index (χ1v) is 8.37. The zero-order valence-corrected chi connectivity index (χ0v) is 14.1. The van der Waals surface area contributed by atoms with Gasteiger partial charge in [0, 0.05) is 42.1 Å². The molecule has 2 aromatic heterocycles. The third kappa shape index (κ3) is 3.20. The Morgan fingerprint density at radius 3 is 2.61 bits per heavy atom. The molecular weight excluding hydrogens is 308 g/mol. The van der Waals surface area contributed by atoms with Gasteiger partial charge in [0.15, 0.2) is 0 Å². The van der Waals surface area contributed by atoms with E-state index in [1.54, 1.807) is 29.7 Å². The number of nitrogens with zero attached hydrogens (tertiary/aromatic N) is 4. The molecule has 5 nitrogen and oxygen atoms in total. The van der Waals surface area contributed by atoms with Crippen molar-refractivity contribution >= 4 is 23.1 Å². The number of hydrogen-bond donors (Lipinski definition) is 0. The Bertz CT molecular complexity index is 769. The number of piperazine rings is 1. The highest BCUT2D eigenvalue weighted by atomic mass is 32.1. The van der Waals surface area contributed by atoms with Crippen molar-refractivity contribution in [1.29, 1.82) is 5.26 Å². The van der Waals surface area contributed by atoms with E-state index >= 15 is 0 Å². The van der Waals surface area contributed by atoms with Gasteiger partial charge in [-0.05, 0) is 32.0 Å². The zero-order valence-electron chi connectivity index (χ0n) is 13.2. The van der Waals surface area contributed by atoms with Crippen molar-refractivity contribution in [2.75, 3.05) is 31.1 Å². The number of aromatic nitrogens is 1. The van der Waals surface area contributed by atoms with Crippen LogP contribution < -0.4 is 4.90 Å². The zero-order chi connectivity index (χ0) is 16.4. The van der Waals surface area contributed by atoms with Gasteiger partial charge < -0.3 is 9.80 Å². The molecule has 0 aromatic carbocycles. The topological polar surface area (TPSA) is 60.2 Å². The molecule has 1 fully saturated rings. The highest BCUT2D eigenvalue weighted by Crippen LogP contribution is 2.23. The Morgan fingerprint density at radius 1 is 1.26 bits per heavy atom. The van der Waals surface area contributed by atoms with E-state index in [1.807, 2.05) is 24.8 Å². The highest BCUT2D eigenvalue weighted by molar-refractivity contribution is 7.12. The fraction of sp³-hybridized carbons (Fsp3) is 0.353. The molecule has 0 bridgehead atoms. The molecule has 0 aliphatic carbocycles. The molecule has 0 radical (unpaired) electrons. The van der Waals surface area contributed by atoms with Crippen molar-refractivity contribution in [2.45, 2.75) is 13.8 Å². The molecule has 0 unspecified atom stereocenters. The van der Waals surface area contributed by atoms with Gasteiger partial charge in [0.25, 0.3) is 5.91 Å². The first kappa shape index (κ1) is 15.5. The molecule has 23 heavy (non-hydrogen) atoms. The van der Waals surface area contributed by atoms with E-state index in [-0.39, 0.29) is 5.91 Å². The van der Waals surface area contributed by atoms with E-state index in [2.05, 4.69) is 16.0 Å². The summed E-state index contributed by atoms with van der Waals surface area (Å²) in [6.07, 6.45) is 1.66. The molecule has 118 valence electrons. The summed E-state index contributed by atoms with van der Waals surface area (Å²) in [5.74, 6) is 0.920. The smallest absolute Gasteiger partial charge is 0.255 e. The van der Waals surface area contributed by atoms with E-state index in [1.165, 1.54) is 4.88 Å². The van der Waals surface area contributed by atoms with Crippen molar-refractivity contribution in [1.82, 2.24) is 9.88 Å². The van der Waals surface area contributed by atoms with Crippen LogP contribution in [0.25, 0.3) is 0 Å². The molecule has 1 amide bonds. The maximum absolute atomic E-state index is 12.6. The van der Waals surface area contributed by atoms with Crippen molar-refractivity contribution < 1.29 is 4.79 Å². The van der Waals surface area contributed by atoms with Crippen LogP contribution in [0.1, 0.15) is 25.7 Å². The molecule has 1 aliphatic heterocycles. The number of aryl methyl sites for hydroxylation is 2. The summed E-state index contributed by atoms with van der Waals surface area (Å²) >= 11 is 1.66. The van der Waals surface area contributed by atoms with Crippen LogP contribution in [0, 0.1) is 25.2 Å². The number of amides is 1. The van der Waals surface area contributed by atoms with Crippen LogP contribution in [0.15, 0.2) is 24.4 Å². The predicted molar refractivity (Wildman–Crippen MR) is 90.9 cm³/mol. The summed E-state index contributed by atoms with van der Waals surface area (Å²) in [5.41, 5.74) is 1.43. The fourth-order valence-corrected chi connectivity index (χ4v) is 3.73. The number of rotatable bonds is 2. The lowest BCUT2D eigenvalue weighted by Crippen LogP contribution is -2.49. The van der Waals surface area contributed by atoms with Crippen LogP contribution in [0.5, 0.6) is 0 Å². The molecule has 6 heteroatoms. The van der Waals surface area contributed by atoms with Crippen molar-refractivity contribution in [3.63, 3.8) is 0 Å². The summed E-state index contributed by atoms with van der Waals surface area (Å²) in [7, 11) is 0. The molecule has 0 saturated carbocycles. The summed E-state index contributed by atoms with van der Waals surface area (Å²) in [6, 6.07) is 7.61. The predicted octanol–water partition coefficient (Wildman–Crippen LogP) is 2.59. The lowest BCUT2D eigenvalue weighted by atomic mass is 10.2. The normalized spacial score (nSPS) is 14.7. The standard InChI is InChI=1S/C17H18N4OS/c1-12-9-15(13(2)23-12)17(22)21-7-5-20(6-8-21)16-10-14(11-18)3-4-19-16/h3-4,9-10H,5-8H2,1-2H3. The number of pyridine rings is 1. The minimum atomic E-state index is 0.116. The fourth-order valence-electron chi connectivity index (χ4n) is 2.81. The van der Waals surface area contributed by atoms with Gasteiger partial charge in [-0.1, -0.05) is 0 Å². The Hall–Kier alpha value is -2.39. The Balaban J connectivity index is 1.67. The third-order valence-corrected chi connectivity index (χ3v) is 5.00. The van der Waals surface area contributed by atoms with E-state index in [0.29, 0.717) is 18.7 Å². The molecule has 2 aromatic rings. The van der Waals surface area contributed by atoms with Crippen LogP contribution in [-0.4, -0.2) is 42.0 Å². The SMILES string of the molecule is Cc1cc(C(=O)N2CCN(c3cc(C#N)ccn3)CC2)c(C)s1. The Kier molecular flexibility index (Phi) is 4.30. The van der Waals surface area contributed by atoms with Crippen LogP contribution in [0.4, 0.5) is 5.82 Å². The van der Waals surface area contributed by atoms with E-state index in [9.17, 15) is 4.79 Å². The molecule has 3 heterocycles. The maximum atomic E-state index is 12.6. The largest absolute Gasteiger partial charge is 0.353 e. The van der Waals surface area contributed by atoms with Gasteiger partial charge in [0.1, 0.15) is 5.82 Å². The number of anilines is 1. The van der Waals surface area contributed by atoms with Gasteiger partial charge in [-0.25, -0.2) is 4.98 Å². The van der Waals surface area contributed by atoms with Gasteiger partial charge in [-0.2, -0.15) is 5.26 Å². The van der Waals surface area contributed by atoms with E-state index in [4.69, 9.17) is 5.26 Å². The van der Waals surface area contributed by atoms with Gasteiger partial charge in [-0.3, -0.25) is 4.79 Å². The molecule has 3 rings (SSSR count). The second-order valence-corrected chi connectivity index (χ2v) is 7.08. The van der Waals surface area contributed by atoms with Gasteiger partial charge in [0.2, 0.25) is 0 Å². The van der Waals surface area contributed by atoms with E-state index < -0.39 is 0 Å². The molecule has 1 aliphatic rings. The summed E-state index contributed by atoms with van der Waals surface area (Å²) in [4.78, 5) is 23.2. The minimum absolute atomic E-state index is 0.116. The highest BCUT2D eigenvalue weighted by Gasteiger charge is 2.24. The van der Waals surface area contributed by atoms with Gasteiger partial charge in [-0.15, -0.1) is 11.3 Å². The first-order valence-electron chi connectivity index (χ1n) is 7.56. The summed E-state index contributed by atoms with van der Waals surface area (Å²) < 4.78 is 0. The van der Waals surface area contributed by atoms with Gasteiger partial charge >= 0.3 is 0 Å². The number of hydrogen-bond acceptors (Lipinski definition) is 5. The second-order valence-electron chi connectivity index (χ2n) is 5.62. The van der Waals surface area contributed by atoms with Gasteiger partial charge in [0.05, 0.1) is 17.2 Å². The van der Waals surface area contributed by atoms with Crippen LogP contribution in [-0.2, 0) is 0 Å². The summed E-state index contributed by atoms with van der Waals surface area (Å²) in [6.45, 7) is 6.83.